The Morgan fingerprint density at radius 1 is 0.826 bits per heavy atom. The van der Waals surface area contributed by atoms with E-state index in [-0.39, 0.29) is 24.8 Å². The van der Waals surface area contributed by atoms with Crippen molar-refractivity contribution in [2.24, 2.45) is 0 Å². The molecule has 0 fully saturated rings. The SMILES string of the molecule is CCCCCCCC(=O)CCC(C)=O.C[N+](C)(CCO)CCO. The molecule has 0 aromatic heterocycles. The molecule has 23 heavy (non-hydrogen) atoms. The Morgan fingerprint density at radius 2 is 1.35 bits per heavy atom. The zero-order chi connectivity index (χ0) is 18.1. The van der Waals surface area contributed by atoms with Crippen LogP contribution in [0.4, 0.5) is 0 Å². The number of quaternary nitrogens is 1. The summed E-state index contributed by atoms with van der Waals surface area (Å²) >= 11 is 0. The maximum absolute atomic E-state index is 11.2. The third-order valence-electron chi connectivity index (χ3n) is 3.73. The molecule has 0 spiro atoms. The van der Waals surface area contributed by atoms with Gasteiger partial charge in [-0.3, -0.25) is 4.79 Å². The zero-order valence-electron chi connectivity index (χ0n) is 15.6. The van der Waals surface area contributed by atoms with E-state index in [1.807, 2.05) is 14.1 Å². The number of aliphatic hydroxyl groups is 2. The van der Waals surface area contributed by atoms with E-state index < -0.39 is 0 Å². The topological polar surface area (TPSA) is 74.6 Å². The minimum Gasteiger partial charge on any atom is -0.391 e. The van der Waals surface area contributed by atoms with Gasteiger partial charge in [0.15, 0.2) is 0 Å². The van der Waals surface area contributed by atoms with Crippen molar-refractivity contribution in [2.45, 2.75) is 65.2 Å². The Kier molecular flexibility index (Phi) is 17.1. The predicted molar refractivity (Wildman–Crippen MR) is 94.3 cm³/mol. The number of Topliss-reactive ketones (excluding diaryl/α,β-unsaturated/α-hetero) is 2. The van der Waals surface area contributed by atoms with Gasteiger partial charge in [0.05, 0.1) is 27.3 Å². The molecule has 0 heterocycles. The highest BCUT2D eigenvalue weighted by Crippen LogP contribution is 2.07. The van der Waals surface area contributed by atoms with Gasteiger partial charge in [-0.25, -0.2) is 0 Å². The number of carbonyl (C=O) groups is 2. The van der Waals surface area contributed by atoms with E-state index in [1.54, 1.807) is 0 Å². The molecule has 2 N–H and O–H groups in total. The normalized spacial score (nSPS) is 10.9. The molecule has 0 aromatic rings. The summed E-state index contributed by atoms with van der Waals surface area (Å²) in [7, 11) is 3.96. The first kappa shape index (κ1) is 24.5. The van der Waals surface area contributed by atoms with E-state index in [9.17, 15) is 9.59 Å². The van der Waals surface area contributed by atoms with Crippen LogP contribution in [0.1, 0.15) is 65.2 Å². The zero-order valence-corrected chi connectivity index (χ0v) is 15.6. The van der Waals surface area contributed by atoms with Crippen molar-refractivity contribution < 1.29 is 24.3 Å². The number of nitrogens with zero attached hydrogens (tertiary/aromatic N) is 1. The second kappa shape index (κ2) is 16.1. The lowest BCUT2D eigenvalue weighted by Crippen LogP contribution is -2.43. The first-order valence-corrected chi connectivity index (χ1v) is 8.84. The molecule has 5 heteroatoms. The number of carbonyl (C=O) groups excluding carboxylic acids is 2. The summed E-state index contributed by atoms with van der Waals surface area (Å²) in [6, 6.07) is 0. The molecule has 0 aliphatic rings. The monoisotopic (exact) mass is 332 g/mol. The summed E-state index contributed by atoms with van der Waals surface area (Å²) in [6.07, 6.45) is 7.42. The minimum absolute atomic E-state index is 0.115. The molecule has 138 valence electrons. The first-order chi connectivity index (χ1) is 10.8. The van der Waals surface area contributed by atoms with Crippen LogP contribution < -0.4 is 0 Å². The second-order valence-electron chi connectivity index (χ2n) is 6.74. The lowest BCUT2D eigenvalue weighted by molar-refractivity contribution is -0.890. The van der Waals surface area contributed by atoms with E-state index in [0.29, 0.717) is 36.8 Å². The van der Waals surface area contributed by atoms with Gasteiger partial charge in [0, 0.05) is 19.3 Å². The number of aliphatic hydroxyl groups excluding tert-OH is 2. The molecule has 0 aromatic carbocycles. The van der Waals surface area contributed by atoms with Gasteiger partial charge in [-0.15, -0.1) is 0 Å². The van der Waals surface area contributed by atoms with E-state index in [1.165, 1.54) is 26.2 Å². The van der Waals surface area contributed by atoms with Crippen LogP contribution in [0, 0.1) is 0 Å². The highest BCUT2D eigenvalue weighted by Gasteiger charge is 2.11. The van der Waals surface area contributed by atoms with Crippen molar-refractivity contribution in [3.63, 3.8) is 0 Å². The van der Waals surface area contributed by atoms with Crippen LogP contribution in [0.5, 0.6) is 0 Å². The lowest BCUT2D eigenvalue weighted by Gasteiger charge is -2.27. The summed E-state index contributed by atoms with van der Waals surface area (Å²) in [5.74, 6) is 0.362. The summed E-state index contributed by atoms with van der Waals surface area (Å²) in [5.41, 5.74) is 0. The maximum Gasteiger partial charge on any atom is 0.133 e. The van der Waals surface area contributed by atoms with E-state index >= 15 is 0 Å². The molecular weight excluding hydrogens is 294 g/mol. The van der Waals surface area contributed by atoms with Crippen LogP contribution in [-0.2, 0) is 9.59 Å². The van der Waals surface area contributed by atoms with Gasteiger partial charge in [-0.05, 0) is 13.3 Å². The quantitative estimate of drug-likeness (QED) is 0.401. The molecule has 0 rings (SSSR count). The number of likely N-dealkylation sites (N-methyl/N-ethyl adjacent to an activating group) is 1. The van der Waals surface area contributed by atoms with Crippen molar-refractivity contribution in [3.05, 3.63) is 0 Å². The van der Waals surface area contributed by atoms with Gasteiger partial charge in [-0.1, -0.05) is 32.6 Å². The number of unbranched alkanes of at least 4 members (excludes halogenated alkanes) is 4. The van der Waals surface area contributed by atoms with Gasteiger partial charge < -0.3 is 19.5 Å². The largest absolute Gasteiger partial charge is 0.391 e. The maximum atomic E-state index is 11.2. The fourth-order valence-corrected chi connectivity index (χ4v) is 2.02. The third-order valence-corrected chi connectivity index (χ3v) is 3.73. The average molecular weight is 333 g/mol. The second-order valence-corrected chi connectivity index (χ2v) is 6.74. The van der Waals surface area contributed by atoms with Crippen molar-refractivity contribution in [1.82, 2.24) is 0 Å². The van der Waals surface area contributed by atoms with Crippen molar-refractivity contribution in [1.29, 1.82) is 0 Å². The van der Waals surface area contributed by atoms with E-state index in [0.717, 1.165) is 12.8 Å². The average Bonchev–Trinajstić information content (AvgIpc) is 2.45. The predicted octanol–water partition coefficient (Wildman–Crippen LogP) is 2.33. The minimum atomic E-state index is 0.115. The Bertz CT molecular complexity index is 295. The van der Waals surface area contributed by atoms with Gasteiger partial charge in [0.25, 0.3) is 0 Å². The molecule has 0 amide bonds. The lowest BCUT2D eigenvalue weighted by atomic mass is 10.1. The standard InChI is InChI=1S/C12H22O2.C6H16NO2/c1-3-4-5-6-7-8-12(14)10-9-11(2)13;1-7(2,3-5-8)4-6-9/h3-10H2,1-2H3;8-9H,3-6H2,1-2H3/q;+1. The Hall–Kier alpha value is -0.780. The Balaban J connectivity index is 0. The van der Waals surface area contributed by atoms with Crippen LogP contribution in [0.25, 0.3) is 0 Å². The van der Waals surface area contributed by atoms with E-state index in [2.05, 4.69) is 6.92 Å². The van der Waals surface area contributed by atoms with Crippen molar-refractivity contribution in [2.75, 3.05) is 40.4 Å². The summed E-state index contributed by atoms with van der Waals surface area (Å²) in [6.45, 7) is 5.51. The van der Waals surface area contributed by atoms with Gasteiger partial charge >= 0.3 is 0 Å². The molecule has 0 bridgehead atoms. The summed E-state index contributed by atoms with van der Waals surface area (Å²) in [5, 5.41) is 17.1. The van der Waals surface area contributed by atoms with Crippen LogP contribution in [0.2, 0.25) is 0 Å². The fraction of sp³-hybridized carbons (Fsp3) is 0.889. The molecule has 0 aliphatic carbocycles. The van der Waals surface area contributed by atoms with Crippen LogP contribution in [-0.4, -0.2) is 66.7 Å². The van der Waals surface area contributed by atoms with Crippen LogP contribution in [0.3, 0.4) is 0 Å². The molecule has 0 saturated carbocycles. The van der Waals surface area contributed by atoms with E-state index in [4.69, 9.17) is 10.2 Å². The van der Waals surface area contributed by atoms with Crippen molar-refractivity contribution in [3.8, 4) is 0 Å². The van der Waals surface area contributed by atoms with Crippen LogP contribution >= 0.6 is 0 Å². The third kappa shape index (κ3) is 21.2. The number of ketones is 2. The number of hydrogen-bond acceptors (Lipinski definition) is 4. The smallest absolute Gasteiger partial charge is 0.133 e. The molecule has 0 aliphatic heterocycles. The molecule has 5 nitrogen and oxygen atoms in total. The first-order valence-electron chi connectivity index (χ1n) is 8.84. The summed E-state index contributed by atoms with van der Waals surface area (Å²) < 4.78 is 0.688. The number of rotatable bonds is 13. The van der Waals surface area contributed by atoms with Crippen LogP contribution in [0.15, 0.2) is 0 Å². The Morgan fingerprint density at radius 3 is 1.78 bits per heavy atom. The molecule has 0 saturated heterocycles. The summed E-state index contributed by atoms with van der Waals surface area (Å²) in [4.78, 5) is 21.8. The van der Waals surface area contributed by atoms with Gasteiger partial charge in [-0.2, -0.15) is 0 Å². The molecule has 0 radical (unpaired) electrons. The van der Waals surface area contributed by atoms with Gasteiger partial charge in [0.1, 0.15) is 24.7 Å². The molecule has 0 unspecified atom stereocenters. The van der Waals surface area contributed by atoms with Gasteiger partial charge in [0.2, 0.25) is 0 Å². The molecular formula is C18H38NO4+. The highest BCUT2D eigenvalue weighted by molar-refractivity contribution is 5.84. The fourth-order valence-electron chi connectivity index (χ4n) is 2.02. The highest BCUT2D eigenvalue weighted by atomic mass is 16.3. The number of hydrogen-bond donors (Lipinski definition) is 2. The van der Waals surface area contributed by atoms with Crippen molar-refractivity contribution >= 4 is 11.6 Å². The Labute approximate surface area is 142 Å². The molecule has 0 atom stereocenters.